The van der Waals surface area contributed by atoms with Crippen molar-refractivity contribution in [1.29, 1.82) is 0 Å². The molecule has 2 aromatic carbocycles. The largest absolute Gasteiger partial charge is 0.507 e. The SMILES string of the molecule is COc1cc(-c2nnc(COC(=O)c3cc(C)ccc3O)o2)cc(OC)c1OC. The lowest BCUT2D eigenvalue weighted by Crippen LogP contribution is -2.06. The van der Waals surface area contributed by atoms with Gasteiger partial charge >= 0.3 is 5.97 Å². The van der Waals surface area contributed by atoms with Crippen LogP contribution >= 0.6 is 0 Å². The first-order valence-corrected chi connectivity index (χ1v) is 8.56. The topological polar surface area (TPSA) is 113 Å². The van der Waals surface area contributed by atoms with Gasteiger partial charge in [0.2, 0.25) is 11.6 Å². The van der Waals surface area contributed by atoms with Crippen molar-refractivity contribution < 1.29 is 33.3 Å². The van der Waals surface area contributed by atoms with Crippen molar-refractivity contribution in [2.45, 2.75) is 13.5 Å². The Morgan fingerprint density at radius 3 is 2.34 bits per heavy atom. The summed E-state index contributed by atoms with van der Waals surface area (Å²) in [7, 11) is 4.51. The molecule has 0 saturated heterocycles. The summed E-state index contributed by atoms with van der Waals surface area (Å²) in [6.45, 7) is 1.56. The van der Waals surface area contributed by atoms with Crippen LogP contribution in [-0.2, 0) is 11.3 Å². The summed E-state index contributed by atoms with van der Waals surface area (Å²) in [5.74, 6) is 0.724. The number of aryl methyl sites for hydroxylation is 1. The number of phenols is 1. The van der Waals surface area contributed by atoms with Gasteiger partial charge in [0.05, 0.1) is 21.3 Å². The first-order chi connectivity index (χ1) is 14.0. The molecular formula is C20H20N2O7. The van der Waals surface area contributed by atoms with Gasteiger partial charge in [0.1, 0.15) is 11.3 Å². The summed E-state index contributed by atoms with van der Waals surface area (Å²) in [5.41, 5.74) is 1.42. The van der Waals surface area contributed by atoms with Crippen molar-refractivity contribution in [3.8, 4) is 34.5 Å². The molecule has 3 rings (SSSR count). The molecule has 0 amide bonds. The summed E-state index contributed by atoms with van der Waals surface area (Å²) in [6, 6.07) is 7.98. The second-order valence-electron chi connectivity index (χ2n) is 6.01. The van der Waals surface area contributed by atoms with E-state index in [9.17, 15) is 9.90 Å². The maximum absolute atomic E-state index is 12.2. The smallest absolute Gasteiger partial charge is 0.342 e. The number of methoxy groups -OCH3 is 3. The quantitative estimate of drug-likeness (QED) is 0.598. The Bertz CT molecular complexity index is 1000. The number of hydrogen-bond donors (Lipinski definition) is 1. The van der Waals surface area contributed by atoms with Gasteiger partial charge in [-0.1, -0.05) is 11.6 Å². The molecule has 0 aliphatic rings. The van der Waals surface area contributed by atoms with Crippen LogP contribution in [0.5, 0.6) is 23.0 Å². The van der Waals surface area contributed by atoms with Crippen molar-refractivity contribution in [3.05, 3.63) is 47.3 Å². The lowest BCUT2D eigenvalue weighted by atomic mass is 10.1. The minimum Gasteiger partial charge on any atom is -0.507 e. The highest BCUT2D eigenvalue weighted by Gasteiger charge is 2.19. The number of carbonyl (C=O) groups excluding carboxylic acids is 1. The van der Waals surface area contributed by atoms with Crippen molar-refractivity contribution >= 4 is 5.97 Å². The Morgan fingerprint density at radius 2 is 1.72 bits per heavy atom. The van der Waals surface area contributed by atoms with Crippen LogP contribution in [0.4, 0.5) is 0 Å². The zero-order chi connectivity index (χ0) is 21.0. The highest BCUT2D eigenvalue weighted by Crippen LogP contribution is 2.40. The molecule has 1 N–H and O–H groups in total. The summed E-state index contributed by atoms with van der Waals surface area (Å²) in [6.07, 6.45) is 0. The molecule has 29 heavy (non-hydrogen) atoms. The van der Waals surface area contributed by atoms with E-state index in [2.05, 4.69) is 10.2 Å². The Labute approximate surface area is 166 Å². The van der Waals surface area contributed by atoms with E-state index in [1.54, 1.807) is 25.1 Å². The number of phenolic OH excluding ortho intramolecular Hbond substituents is 1. The number of ether oxygens (including phenoxy) is 4. The molecule has 9 nitrogen and oxygen atoms in total. The predicted octanol–water partition coefficient (Wildman–Crippen LogP) is 3.13. The molecule has 0 spiro atoms. The molecule has 152 valence electrons. The van der Waals surface area contributed by atoms with Crippen LogP contribution in [0.2, 0.25) is 0 Å². The van der Waals surface area contributed by atoms with E-state index in [1.807, 2.05) is 0 Å². The van der Waals surface area contributed by atoms with E-state index in [0.29, 0.717) is 22.8 Å². The monoisotopic (exact) mass is 400 g/mol. The van der Waals surface area contributed by atoms with E-state index in [4.69, 9.17) is 23.4 Å². The molecule has 3 aromatic rings. The molecule has 0 aliphatic heterocycles. The molecule has 0 fully saturated rings. The van der Waals surface area contributed by atoms with E-state index < -0.39 is 5.97 Å². The third kappa shape index (κ3) is 4.23. The van der Waals surface area contributed by atoms with Gasteiger partial charge in [-0.15, -0.1) is 10.2 Å². The summed E-state index contributed by atoms with van der Waals surface area (Å²) < 4.78 is 26.6. The molecule has 0 atom stereocenters. The first kappa shape index (κ1) is 20.0. The molecule has 9 heteroatoms. The minimum absolute atomic E-state index is 0.0642. The first-order valence-electron chi connectivity index (χ1n) is 8.56. The lowest BCUT2D eigenvalue weighted by molar-refractivity contribution is 0.0435. The third-order valence-electron chi connectivity index (χ3n) is 4.08. The van der Waals surface area contributed by atoms with Crippen LogP contribution in [0.1, 0.15) is 21.8 Å². The van der Waals surface area contributed by atoms with Gasteiger partial charge in [-0.05, 0) is 31.2 Å². The number of aromatic hydroxyl groups is 1. The Morgan fingerprint density at radius 1 is 1.03 bits per heavy atom. The lowest BCUT2D eigenvalue weighted by Gasteiger charge is -2.12. The van der Waals surface area contributed by atoms with Crippen LogP contribution in [-0.4, -0.2) is 42.6 Å². The fourth-order valence-corrected chi connectivity index (χ4v) is 2.65. The average molecular weight is 400 g/mol. The van der Waals surface area contributed by atoms with Gasteiger partial charge < -0.3 is 28.5 Å². The number of rotatable bonds is 7. The van der Waals surface area contributed by atoms with Crippen LogP contribution < -0.4 is 14.2 Å². The van der Waals surface area contributed by atoms with E-state index in [0.717, 1.165) is 5.56 Å². The normalized spacial score (nSPS) is 10.5. The van der Waals surface area contributed by atoms with Crippen molar-refractivity contribution in [3.63, 3.8) is 0 Å². The fraction of sp³-hybridized carbons (Fsp3) is 0.250. The van der Waals surface area contributed by atoms with E-state index in [-0.39, 0.29) is 29.7 Å². The number of nitrogens with zero attached hydrogens (tertiary/aromatic N) is 2. The molecule has 0 saturated carbocycles. The zero-order valence-corrected chi connectivity index (χ0v) is 16.4. The van der Waals surface area contributed by atoms with Crippen LogP contribution in [0.3, 0.4) is 0 Å². The van der Waals surface area contributed by atoms with Gasteiger partial charge in [0.15, 0.2) is 18.1 Å². The molecule has 1 heterocycles. The summed E-state index contributed by atoms with van der Waals surface area (Å²) in [5, 5.41) is 17.7. The van der Waals surface area contributed by atoms with Gasteiger partial charge in [-0.3, -0.25) is 0 Å². The van der Waals surface area contributed by atoms with Crippen molar-refractivity contribution in [2.75, 3.05) is 21.3 Å². The van der Waals surface area contributed by atoms with Gasteiger partial charge in [-0.2, -0.15) is 0 Å². The van der Waals surface area contributed by atoms with Gasteiger partial charge in [0.25, 0.3) is 5.89 Å². The van der Waals surface area contributed by atoms with Gasteiger partial charge in [-0.25, -0.2) is 4.79 Å². The number of benzene rings is 2. The maximum Gasteiger partial charge on any atom is 0.342 e. The Hall–Kier alpha value is -3.75. The Balaban J connectivity index is 1.77. The predicted molar refractivity (Wildman–Crippen MR) is 101 cm³/mol. The molecular weight excluding hydrogens is 380 g/mol. The zero-order valence-electron chi connectivity index (χ0n) is 16.4. The van der Waals surface area contributed by atoms with Crippen LogP contribution in [0.15, 0.2) is 34.7 Å². The average Bonchev–Trinajstić information content (AvgIpc) is 3.21. The van der Waals surface area contributed by atoms with E-state index >= 15 is 0 Å². The number of aromatic nitrogens is 2. The van der Waals surface area contributed by atoms with Crippen molar-refractivity contribution in [2.24, 2.45) is 0 Å². The molecule has 0 unspecified atom stereocenters. The molecule has 0 bridgehead atoms. The fourth-order valence-electron chi connectivity index (χ4n) is 2.65. The standard InChI is InChI=1S/C20H20N2O7/c1-11-5-6-14(23)13(7-11)20(24)28-10-17-21-22-19(29-17)12-8-15(25-2)18(27-4)16(9-12)26-3/h5-9,23H,10H2,1-4H3. The number of carbonyl (C=O) groups is 1. The summed E-state index contributed by atoms with van der Waals surface area (Å²) in [4.78, 5) is 12.2. The number of hydrogen-bond acceptors (Lipinski definition) is 9. The minimum atomic E-state index is -0.696. The van der Waals surface area contributed by atoms with Crippen molar-refractivity contribution in [1.82, 2.24) is 10.2 Å². The number of esters is 1. The highest BCUT2D eigenvalue weighted by atomic mass is 16.5. The highest BCUT2D eigenvalue weighted by molar-refractivity contribution is 5.92. The molecule has 0 aliphatic carbocycles. The van der Waals surface area contributed by atoms with Gasteiger partial charge in [0, 0.05) is 5.56 Å². The van der Waals surface area contributed by atoms with Crippen LogP contribution in [0.25, 0.3) is 11.5 Å². The second-order valence-corrected chi connectivity index (χ2v) is 6.01. The third-order valence-corrected chi connectivity index (χ3v) is 4.08. The maximum atomic E-state index is 12.2. The molecule has 1 aromatic heterocycles. The Kier molecular flexibility index (Phi) is 5.87. The van der Waals surface area contributed by atoms with E-state index in [1.165, 1.54) is 33.5 Å². The summed E-state index contributed by atoms with van der Waals surface area (Å²) >= 11 is 0. The molecule has 0 radical (unpaired) electrons. The van der Waals surface area contributed by atoms with Crippen LogP contribution in [0, 0.1) is 6.92 Å². The second kappa shape index (κ2) is 8.51.